The van der Waals surface area contributed by atoms with Crippen LogP contribution in [0.5, 0.6) is 0 Å². The van der Waals surface area contributed by atoms with E-state index >= 15 is 0 Å². The largest absolute Gasteiger partial charge is 0.381 e. The van der Waals surface area contributed by atoms with Crippen LogP contribution in [0.25, 0.3) is 5.69 Å². The molecule has 22 heavy (non-hydrogen) atoms. The number of hydrogen-bond acceptors (Lipinski definition) is 3. The summed E-state index contributed by atoms with van der Waals surface area (Å²) in [7, 11) is 0. The van der Waals surface area contributed by atoms with Gasteiger partial charge in [-0.05, 0) is 37.1 Å². The van der Waals surface area contributed by atoms with Crippen LogP contribution in [0, 0.1) is 0 Å². The number of aromatic nitrogens is 2. The minimum atomic E-state index is -0.0502. The van der Waals surface area contributed by atoms with Crippen LogP contribution < -0.4 is 5.32 Å². The Morgan fingerprint density at radius 1 is 1.23 bits per heavy atom. The maximum atomic E-state index is 12.0. The van der Waals surface area contributed by atoms with Crippen molar-refractivity contribution >= 4 is 5.91 Å². The van der Waals surface area contributed by atoms with E-state index in [1.165, 1.54) is 0 Å². The molecule has 5 heteroatoms. The van der Waals surface area contributed by atoms with Crippen molar-refractivity contribution in [2.24, 2.45) is 0 Å². The lowest BCUT2D eigenvalue weighted by molar-refractivity contribution is 0.0940. The molecule has 0 unspecified atom stereocenters. The number of rotatable bonds is 9. The molecule has 2 rings (SSSR count). The molecule has 0 aliphatic carbocycles. The van der Waals surface area contributed by atoms with Gasteiger partial charge >= 0.3 is 0 Å². The lowest BCUT2D eigenvalue weighted by Gasteiger charge is -2.07. The molecule has 0 aliphatic heterocycles. The Balaban J connectivity index is 1.71. The van der Waals surface area contributed by atoms with Gasteiger partial charge < -0.3 is 14.6 Å². The van der Waals surface area contributed by atoms with Crippen LogP contribution in [0.3, 0.4) is 0 Å². The number of unbranched alkanes of at least 4 members (excludes halogenated alkanes) is 1. The molecule has 0 saturated carbocycles. The second kappa shape index (κ2) is 9.00. The Kier molecular flexibility index (Phi) is 6.64. The van der Waals surface area contributed by atoms with Crippen LogP contribution in [0.4, 0.5) is 0 Å². The monoisotopic (exact) mass is 301 g/mol. The zero-order chi connectivity index (χ0) is 15.6. The molecule has 1 aromatic heterocycles. The van der Waals surface area contributed by atoms with Gasteiger partial charge in [-0.15, -0.1) is 0 Å². The predicted molar refractivity (Wildman–Crippen MR) is 86.2 cm³/mol. The maximum Gasteiger partial charge on any atom is 0.251 e. The lowest BCUT2D eigenvalue weighted by Crippen LogP contribution is -2.25. The number of carbonyl (C=O) groups is 1. The first-order valence-electron chi connectivity index (χ1n) is 7.75. The fourth-order valence-corrected chi connectivity index (χ4v) is 2.02. The zero-order valence-corrected chi connectivity index (χ0v) is 13.0. The summed E-state index contributed by atoms with van der Waals surface area (Å²) in [6, 6.07) is 7.46. The molecule has 0 saturated heterocycles. The van der Waals surface area contributed by atoms with Crippen molar-refractivity contribution in [2.75, 3.05) is 19.8 Å². The number of ether oxygens (including phenoxy) is 1. The minimum absolute atomic E-state index is 0.0502. The molecule has 0 atom stereocenters. The molecule has 1 N–H and O–H groups in total. The highest BCUT2D eigenvalue weighted by Crippen LogP contribution is 2.09. The van der Waals surface area contributed by atoms with E-state index in [-0.39, 0.29) is 5.91 Å². The van der Waals surface area contributed by atoms with E-state index in [1.807, 2.05) is 35.0 Å². The van der Waals surface area contributed by atoms with Gasteiger partial charge in [0, 0.05) is 43.4 Å². The zero-order valence-electron chi connectivity index (χ0n) is 13.0. The third kappa shape index (κ3) is 5.00. The van der Waals surface area contributed by atoms with Crippen molar-refractivity contribution in [1.82, 2.24) is 14.9 Å². The number of nitrogens with zero attached hydrogens (tertiary/aromatic N) is 2. The van der Waals surface area contributed by atoms with E-state index in [2.05, 4.69) is 17.2 Å². The third-order valence-electron chi connectivity index (χ3n) is 3.33. The van der Waals surface area contributed by atoms with Crippen LogP contribution in [0.15, 0.2) is 43.0 Å². The second-order valence-electron chi connectivity index (χ2n) is 5.09. The molecular weight excluding hydrogens is 278 g/mol. The summed E-state index contributed by atoms with van der Waals surface area (Å²) in [6.45, 7) is 4.27. The van der Waals surface area contributed by atoms with Gasteiger partial charge in [-0.3, -0.25) is 4.79 Å². The highest BCUT2D eigenvalue weighted by Gasteiger charge is 2.05. The van der Waals surface area contributed by atoms with E-state index in [0.717, 1.165) is 31.6 Å². The van der Waals surface area contributed by atoms with Gasteiger partial charge in [0.2, 0.25) is 0 Å². The number of benzene rings is 1. The molecule has 0 radical (unpaired) electrons. The number of amides is 1. The summed E-state index contributed by atoms with van der Waals surface area (Å²) in [4.78, 5) is 16.0. The molecule has 5 nitrogen and oxygen atoms in total. The van der Waals surface area contributed by atoms with Gasteiger partial charge in [-0.2, -0.15) is 0 Å². The normalized spacial score (nSPS) is 10.6. The lowest BCUT2D eigenvalue weighted by atomic mass is 10.2. The molecule has 1 aromatic carbocycles. The standard InChI is InChI=1S/C17H23N3O2/c1-2-3-12-22-13-4-9-19-17(21)15-5-7-16(8-6-15)20-11-10-18-14-20/h5-8,10-11,14H,2-4,9,12-13H2,1H3,(H,19,21). The molecule has 118 valence electrons. The van der Waals surface area contributed by atoms with Gasteiger partial charge in [-0.1, -0.05) is 13.3 Å². The Labute approximate surface area is 131 Å². The quantitative estimate of drug-likeness (QED) is 0.725. The fourth-order valence-electron chi connectivity index (χ4n) is 2.02. The molecule has 0 aliphatic rings. The van der Waals surface area contributed by atoms with Gasteiger partial charge in [0.05, 0.1) is 6.33 Å². The summed E-state index contributed by atoms with van der Waals surface area (Å²) >= 11 is 0. The molecule has 0 spiro atoms. The number of nitrogens with one attached hydrogen (secondary N) is 1. The van der Waals surface area contributed by atoms with E-state index in [0.29, 0.717) is 18.7 Å². The Morgan fingerprint density at radius 3 is 2.68 bits per heavy atom. The van der Waals surface area contributed by atoms with Crippen molar-refractivity contribution in [3.8, 4) is 5.69 Å². The molecule has 1 heterocycles. The van der Waals surface area contributed by atoms with Crippen LogP contribution in [-0.2, 0) is 4.74 Å². The summed E-state index contributed by atoms with van der Waals surface area (Å²) in [5.41, 5.74) is 1.65. The van der Waals surface area contributed by atoms with Crippen molar-refractivity contribution in [3.05, 3.63) is 48.5 Å². The van der Waals surface area contributed by atoms with Gasteiger partial charge in [0.1, 0.15) is 0 Å². The first-order valence-corrected chi connectivity index (χ1v) is 7.75. The smallest absolute Gasteiger partial charge is 0.251 e. The summed E-state index contributed by atoms with van der Waals surface area (Å²) in [5, 5.41) is 2.91. The first kappa shape index (κ1) is 16.2. The average molecular weight is 301 g/mol. The first-order chi connectivity index (χ1) is 10.8. The van der Waals surface area contributed by atoms with Gasteiger partial charge in [0.15, 0.2) is 0 Å². The van der Waals surface area contributed by atoms with E-state index in [9.17, 15) is 4.79 Å². The van der Waals surface area contributed by atoms with Crippen LogP contribution in [-0.4, -0.2) is 35.2 Å². The topological polar surface area (TPSA) is 56.1 Å². The summed E-state index contributed by atoms with van der Waals surface area (Å²) < 4.78 is 7.36. The third-order valence-corrected chi connectivity index (χ3v) is 3.33. The number of hydrogen-bond donors (Lipinski definition) is 1. The minimum Gasteiger partial charge on any atom is -0.381 e. The van der Waals surface area contributed by atoms with E-state index in [1.54, 1.807) is 12.5 Å². The molecule has 1 amide bonds. The molecular formula is C17H23N3O2. The van der Waals surface area contributed by atoms with Crippen LogP contribution in [0.1, 0.15) is 36.5 Å². The predicted octanol–water partition coefficient (Wildman–Crippen LogP) is 2.81. The van der Waals surface area contributed by atoms with Gasteiger partial charge in [-0.25, -0.2) is 4.98 Å². The number of carbonyl (C=O) groups excluding carboxylic acids is 1. The van der Waals surface area contributed by atoms with Crippen molar-refractivity contribution in [3.63, 3.8) is 0 Å². The van der Waals surface area contributed by atoms with Crippen molar-refractivity contribution < 1.29 is 9.53 Å². The van der Waals surface area contributed by atoms with E-state index in [4.69, 9.17) is 4.74 Å². The fraction of sp³-hybridized carbons (Fsp3) is 0.412. The number of imidazole rings is 1. The Morgan fingerprint density at radius 2 is 2.00 bits per heavy atom. The van der Waals surface area contributed by atoms with Gasteiger partial charge in [0.25, 0.3) is 5.91 Å². The molecule has 0 bridgehead atoms. The maximum absolute atomic E-state index is 12.0. The summed E-state index contributed by atoms with van der Waals surface area (Å²) in [5.74, 6) is -0.0502. The molecule has 2 aromatic rings. The van der Waals surface area contributed by atoms with Crippen LogP contribution >= 0.6 is 0 Å². The second-order valence-corrected chi connectivity index (χ2v) is 5.09. The van der Waals surface area contributed by atoms with Crippen molar-refractivity contribution in [2.45, 2.75) is 26.2 Å². The molecule has 0 fully saturated rings. The average Bonchev–Trinajstić information content (AvgIpc) is 3.08. The van der Waals surface area contributed by atoms with Crippen molar-refractivity contribution in [1.29, 1.82) is 0 Å². The highest BCUT2D eigenvalue weighted by atomic mass is 16.5. The Hall–Kier alpha value is -2.14. The SMILES string of the molecule is CCCCOCCCNC(=O)c1ccc(-n2ccnc2)cc1. The Bertz CT molecular complexity index is 550. The highest BCUT2D eigenvalue weighted by molar-refractivity contribution is 5.94. The van der Waals surface area contributed by atoms with Crippen LogP contribution in [0.2, 0.25) is 0 Å². The summed E-state index contributed by atoms with van der Waals surface area (Å²) in [6.07, 6.45) is 8.40. The van der Waals surface area contributed by atoms with E-state index < -0.39 is 0 Å².